The molecule has 0 saturated carbocycles. The first-order valence-corrected chi connectivity index (χ1v) is 7.89. The summed E-state index contributed by atoms with van der Waals surface area (Å²) < 4.78 is 0. The van der Waals surface area contributed by atoms with Crippen LogP contribution >= 0.6 is 0 Å². The van der Waals surface area contributed by atoms with Gasteiger partial charge in [-0.1, -0.05) is 24.3 Å². The topological polar surface area (TPSA) is 64.3 Å². The summed E-state index contributed by atoms with van der Waals surface area (Å²) in [6.45, 7) is 6.13. The van der Waals surface area contributed by atoms with Gasteiger partial charge in [0.05, 0.1) is 17.2 Å². The van der Waals surface area contributed by atoms with Crippen LogP contribution in [0.2, 0.25) is 0 Å². The number of allylic oxidation sites excluding steroid dienone is 1. The number of hydrogen-bond acceptors (Lipinski definition) is 3. The van der Waals surface area contributed by atoms with Crippen LogP contribution in [0.5, 0.6) is 0 Å². The van der Waals surface area contributed by atoms with Crippen molar-refractivity contribution in [1.29, 1.82) is 5.26 Å². The molecule has 2 aromatic carbocycles. The Morgan fingerprint density at radius 2 is 1.58 bits per heavy atom. The lowest BCUT2D eigenvalue weighted by atomic mass is 10.0. The van der Waals surface area contributed by atoms with Crippen molar-refractivity contribution in [2.45, 2.75) is 13.8 Å². The van der Waals surface area contributed by atoms with Gasteiger partial charge in [-0.15, -0.1) is 0 Å². The summed E-state index contributed by atoms with van der Waals surface area (Å²) in [5.41, 5.74) is 3.50. The number of nitrogens with zero attached hydrogens (tertiary/aromatic N) is 2. The van der Waals surface area contributed by atoms with E-state index in [-0.39, 0.29) is 5.56 Å². The molecule has 0 fully saturated rings. The number of anilines is 1. The van der Waals surface area contributed by atoms with E-state index in [4.69, 9.17) is 5.11 Å². The molecule has 2 rings (SSSR count). The van der Waals surface area contributed by atoms with Gasteiger partial charge in [0.1, 0.15) is 0 Å². The largest absolute Gasteiger partial charge is 0.478 e. The highest BCUT2D eigenvalue weighted by Gasteiger charge is 2.06. The fourth-order valence-corrected chi connectivity index (χ4v) is 2.51. The van der Waals surface area contributed by atoms with Crippen LogP contribution in [0.1, 0.15) is 35.3 Å². The quantitative estimate of drug-likeness (QED) is 0.637. The van der Waals surface area contributed by atoms with Crippen LogP contribution in [0.15, 0.2) is 48.5 Å². The normalized spacial score (nSPS) is 11.0. The lowest BCUT2D eigenvalue weighted by Gasteiger charge is -2.20. The predicted molar refractivity (Wildman–Crippen MR) is 96.9 cm³/mol. The third kappa shape index (κ3) is 4.02. The molecule has 0 amide bonds. The fourth-order valence-electron chi connectivity index (χ4n) is 2.51. The number of carbonyl (C=O) groups is 1. The van der Waals surface area contributed by atoms with Gasteiger partial charge in [0.2, 0.25) is 0 Å². The average Bonchev–Trinajstić information content (AvgIpc) is 2.62. The monoisotopic (exact) mass is 320 g/mol. The van der Waals surface area contributed by atoms with Crippen LogP contribution in [0.3, 0.4) is 0 Å². The molecule has 24 heavy (non-hydrogen) atoms. The van der Waals surface area contributed by atoms with Crippen molar-refractivity contribution in [3.8, 4) is 6.07 Å². The van der Waals surface area contributed by atoms with Crippen molar-refractivity contribution in [2.24, 2.45) is 0 Å². The number of rotatable bonds is 6. The lowest BCUT2D eigenvalue weighted by molar-refractivity contribution is 0.0697. The van der Waals surface area contributed by atoms with E-state index >= 15 is 0 Å². The van der Waals surface area contributed by atoms with Crippen LogP contribution in [-0.2, 0) is 0 Å². The first-order chi connectivity index (χ1) is 11.6. The van der Waals surface area contributed by atoms with E-state index in [1.54, 1.807) is 12.1 Å². The summed E-state index contributed by atoms with van der Waals surface area (Å²) in [5.74, 6) is -0.976. The van der Waals surface area contributed by atoms with Crippen LogP contribution in [-0.4, -0.2) is 24.2 Å². The summed E-state index contributed by atoms with van der Waals surface area (Å²) in [7, 11) is 0. The number of carboxylic acids is 1. The molecule has 122 valence electrons. The van der Waals surface area contributed by atoms with Gasteiger partial charge in [-0.05, 0) is 55.3 Å². The van der Waals surface area contributed by atoms with Gasteiger partial charge < -0.3 is 10.0 Å². The maximum absolute atomic E-state index is 10.9. The molecule has 0 aliphatic carbocycles. The van der Waals surface area contributed by atoms with E-state index in [2.05, 4.69) is 24.8 Å². The molecule has 0 heterocycles. The van der Waals surface area contributed by atoms with Crippen LogP contribution in [0, 0.1) is 11.3 Å². The molecule has 4 heteroatoms. The zero-order valence-electron chi connectivity index (χ0n) is 13.9. The van der Waals surface area contributed by atoms with Crippen molar-refractivity contribution in [1.82, 2.24) is 0 Å². The Labute approximate surface area is 142 Å². The first kappa shape index (κ1) is 17.3. The predicted octanol–water partition coefficient (Wildman–Crippen LogP) is 4.30. The van der Waals surface area contributed by atoms with Crippen molar-refractivity contribution < 1.29 is 9.90 Å². The van der Waals surface area contributed by atoms with E-state index in [0.29, 0.717) is 11.1 Å². The van der Waals surface area contributed by atoms with Gasteiger partial charge in [-0.25, -0.2) is 4.79 Å². The van der Waals surface area contributed by atoms with Crippen molar-refractivity contribution in [3.63, 3.8) is 0 Å². The molecular formula is C20H20N2O2. The fraction of sp³-hybridized carbons (Fsp3) is 0.200. The molecule has 0 atom stereocenters. The maximum atomic E-state index is 10.9. The Hall–Kier alpha value is -3.06. The van der Waals surface area contributed by atoms with E-state index in [1.807, 2.05) is 30.3 Å². The number of benzene rings is 2. The number of nitriles is 1. The third-order valence-corrected chi connectivity index (χ3v) is 3.90. The maximum Gasteiger partial charge on any atom is 0.335 e. The van der Waals surface area contributed by atoms with E-state index in [1.165, 1.54) is 12.1 Å². The zero-order chi connectivity index (χ0) is 17.5. The highest BCUT2D eigenvalue weighted by molar-refractivity contribution is 5.92. The molecule has 0 radical (unpaired) electrons. The van der Waals surface area contributed by atoms with Gasteiger partial charge in [-0.3, -0.25) is 0 Å². The second-order valence-corrected chi connectivity index (χ2v) is 5.32. The molecule has 0 unspecified atom stereocenters. The molecule has 0 bridgehead atoms. The number of hydrogen-bond donors (Lipinski definition) is 1. The molecule has 4 nitrogen and oxygen atoms in total. The van der Waals surface area contributed by atoms with Crippen LogP contribution < -0.4 is 4.90 Å². The first-order valence-electron chi connectivity index (χ1n) is 7.89. The van der Waals surface area contributed by atoms with Gasteiger partial charge >= 0.3 is 5.97 Å². The van der Waals surface area contributed by atoms with Gasteiger partial charge in [-0.2, -0.15) is 5.26 Å². The van der Waals surface area contributed by atoms with Crippen molar-refractivity contribution in [3.05, 3.63) is 65.2 Å². The Bertz CT molecular complexity index is 765. The zero-order valence-corrected chi connectivity index (χ0v) is 13.9. The molecular weight excluding hydrogens is 300 g/mol. The van der Waals surface area contributed by atoms with E-state index < -0.39 is 5.97 Å². The minimum absolute atomic E-state index is 0.208. The molecule has 1 N–H and O–H groups in total. The minimum atomic E-state index is -0.976. The standard InChI is InChI=1S/C20H20N2O2/c1-3-22(4-2)19-11-5-15(6-12-19)13-18(14-21)16-7-9-17(10-8-16)20(23)24/h5-13H,3-4H2,1-2H3,(H,23,24)/b18-13-. The summed E-state index contributed by atoms with van der Waals surface area (Å²) in [6, 6.07) is 16.6. The molecule has 0 aliphatic heterocycles. The highest BCUT2D eigenvalue weighted by atomic mass is 16.4. The second-order valence-electron chi connectivity index (χ2n) is 5.32. The van der Waals surface area contributed by atoms with Crippen molar-refractivity contribution in [2.75, 3.05) is 18.0 Å². The van der Waals surface area contributed by atoms with Crippen molar-refractivity contribution >= 4 is 23.3 Å². The number of aromatic carboxylic acids is 1. The molecule has 2 aromatic rings. The smallest absolute Gasteiger partial charge is 0.335 e. The Morgan fingerprint density at radius 3 is 2.04 bits per heavy atom. The van der Waals surface area contributed by atoms with E-state index in [0.717, 1.165) is 24.3 Å². The molecule has 0 spiro atoms. The summed E-state index contributed by atoms with van der Waals surface area (Å²) in [6.07, 6.45) is 1.81. The van der Waals surface area contributed by atoms with Gasteiger partial charge in [0.25, 0.3) is 0 Å². The van der Waals surface area contributed by atoms with Gasteiger partial charge in [0, 0.05) is 18.8 Å². The Kier molecular flexibility index (Phi) is 5.75. The highest BCUT2D eigenvalue weighted by Crippen LogP contribution is 2.21. The molecule has 0 aromatic heterocycles. The van der Waals surface area contributed by atoms with Crippen LogP contribution in [0.25, 0.3) is 11.6 Å². The molecule has 0 saturated heterocycles. The Morgan fingerprint density at radius 1 is 1.04 bits per heavy atom. The Balaban J connectivity index is 2.27. The second kappa shape index (κ2) is 7.98. The third-order valence-electron chi connectivity index (χ3n) is 3.90. The SMILES string of the molecule is CCN(CC)c1ccc(/C=C(/C#N)c2ccc(C(=O)O)cc2)cc1. The average molecular weight is 320 g/mol. The number of carboxylic acid groups (broad SMARTS) is 1. The summed E-state index contributed by atoms with van der Waals surface area (Å²) >= 11 is 0. The molecule has 0 aliphatic rings. The summed E-state index contributed by atoms with van der Waals surface area (Å²) in [4.78, 5) is 13.1. The lowest BCUT2D eigenvalue weighted by Crippen LogP contribution is -2.21. The summed E-state index contributed by atoms with van der Waals surface area (Å²) in [5, 5.41) is 18.3. The van der Waals surface area contributed by atoms with Gasteiger partial charge in [0.15, 0.2) is 0 Å². The van der Waals surface area contributed by atoms with Crippen LogP contribution in [0.4, 0.5) is 5.69 Å². The van der Waals surface area contributed by atoms with E-state index in [9.17, 15) is 10.1 Å². The minimum Gasteiger partial charge on any atom is -0.478 e.